The number of aliphatic hydroxyl groups excluding tert-OH is 1. The first-order chi connectivity index (χ1) is 7.15. The van der Waals surface area contributed by atoms with E-state index in [4.69, 9.17) is 5.11 Å². The lowest BCUT2D eigenvalue weighted by Crippen LogP contribution is -2.39. The van der Waals surface area contributed by atoms with Crippen LogP contribution in [0.3, 0.4) is 0 Å². The normalized spacial score (nSPS) is 12.8. The van der Waals surface area contributed by atoms with Crippen molar-refractivity contribution in [1.82, 2.24) is 15.3 Å². The Labute approximate surface area is 88.9 Å². The number of aliphatic hydroxyl groups is 1. The fourth-order valence-corrected chi connectivity index (χ4v) is 1.34. The van der Waals surface area contributed by atoms with Crippen molar-refractivity contribution >= 4 is 5.91 Å². The number of H-pyrrole nitrogens is 1. The van der Waals surface area contributed by atoms with Crippen molar-refractivity contribution in [2.24, 2.45) is 5.92 Å². The Kier molecular flexibility index (Phi) is 4.30. The Balaban J connectivity index is 2.55. The first kappa shape index (κ1) is 11.7. The summed E-state index contributed by atoms with van der Waals surface area (Å²) in [4.78, 5) is 18.1. The maximum Gasteiger partial charge on any atom is 0.269 e. The summed E-state index contributed by atoms with van der Waals surface area (Å²) < 4.78 is 0. The molecule has 1 heterocycles. The predicted molar refractivity (Wildman–Crippen MR) is 56.4 cm³/mol. The average molecular weight is 211 g/mol. The third-order valence-electron chi connectivity index (χ3n) is 2.30. The Bertz CT molecular complexity index is 296. The molecule has 0 aliphatic carbocycles. The van der Waals surface area contributed by atoms with Gasteiger partial charge in [0, 0.05) is 12.6 Å². The molecule has 0 saturated carbocycles. The van der Waals surface area contributed by atoms with Crippen LogP contribution < -0.4 is 5.32 Å². The molecule has 5 nitrogen and oxygen atoms in total. The van der Waals surface area contributed by atoms with Crippen LogP contribution in [0.1, 0.15) is 30.8 Å². The summed E-state index contributed by atoms with van der Waals surface area (Å²) >= 11 is 0. The van der Waals surface area contributed by atoms with E-state index in [0.29, 0.717) is 18.0 Å². The molecule has 0 aliphatic heterocycles. The molecule has 0 spiro atoms. The van der Waals surface area contributed by atoms with Gasteiger partial charge < -0.3 is 15.4 Å². The minimum atomic E-state index is -0.181. The standard InChI is InChI=1S/C10H17N3O2/c1-7(2)8(3-4-14)13-10(15)9-5-11-6-12-9/h5-8,14H,3-4H2,1-2H3,(H,11,12)(H,13,15). The first-order valence-electron chi connectivity index (χ1n) is 5.05. The third-order valence-corrected chi connectivity index (χ3v) is 2.30. The molecule has 0 aliphatic rings. The molecule has 1 aromatic rings. The van der Waals surface area contributed by atoms with Gasteiger partial charge in [0.05, 0.1) is 12.5 Å². The van der Waals surface area contributed by atoms with E-state index in [-0.39, 0.29) is 18.6 Å². The van der Waals surface area contributed by atoms with Gasteiger partial charge in [-0.3, -0.25) is 4.79 Å². The van der Waals surface area contributed by atoms with Crippen molar-refractivity contribution < 1.29 is 9.90 Å². The second-order valence-corrected chi connectivity index (χ2v) is 3.80. The molecule has 1 amide bonds. The Hall–Kier alpha value is -1.36. The summed E-state index contributed by atoms with van der Waals surface area (Å²) in [6, 6.07) is -0.00852. The van der Waals surface area contributed by atoms with Crippen LogP contribution in [0.2, 0.25) is 0 Å². The zero-order chi connectivity index (χ0) is 11.3. The number of aromatic amines is 1. The zero-order valence-corrected chi connectivity index (χ0v) is 9.03. The second-order valence-electron chi connectivity index (χ2n) is 3.80. The van der Waals surface area contributed by atoms with Crippen LogP contribution in [0, 0.1) is 5.92 Å². The monoisotopic (exact) mass is 211 g/mol. The quantitative estimate of drug-likeness (QED) is 0.665. The van der Waals surface area contributed by atoms with Gasteiger partial charge in [0.2, 0.25) is 0 Å². The van der Waals surface area contributed by atoms with Gasteiger partial charge in [0.25, 0.3) is 5.91 Å². The van der Waals surface area contributed by atoms with Crippen LogP contribution in [0.25, 0.3) is 0 Å². The lowest BCUT2D eigenvalue weighted by Gasteiger charge is -2.20. The van der Waals surface area contributed by atoms with E-state index < -0.39 is 0 Å². The molecule has 5 heteroatoms. The van der Waals surface area contributed by atoms with E-state index in [2.05, 4.69) is 15.3 Å². The number of amides is 1. The van der Waals surface area contributed by atoms with Gasteiger partial charge in [-0.1, -0.05) is 13.8 Å². The SMILES string of the molecule is CC(C)C(CCO)NC(=O)c1cnc[nH]1. The van der Waals surface area contributed by atoms with Crippen LogP contribution in [0.15, 0.2) is 12.5 Å². The highest BCUT2D eigenvalue weighted by atomic mass is 16.3. The molecule has 1 unspecified atom stereocenters. The number of rotatable bonds is 5. The topological polar surface area (TPSA) is 78.0 Å². The number of imidazole rings is 1. The highest BCUT2D eigenvalue weighted by Crippen LogP contribution is 2.06. The predicted octanol–water partition coefficient (Wildman–Crippen LogP) is 0.546. The van der Waals surface area contributed by atoms with Crippen molar-refractivity contribution in [2.75, 3.05) is 6.61 Å². The highest BCUT2D eigenvalue weighted by molar-refractivity contribution is 5.92. The molecule has 15 heavy (non-hydrogen) atoms. The number of carbonyl (C=O) groups is 1. The number of hydrogen-bond donors (Lipinski definition) is 3. The fourth-order valence-electron chi connectivity index (χ4n) is 1.34. The largest absolute Gasteiger partial charge is 0.396 e. The van der Waals surface area contributed by atoms with Gasteiger partial charge in [0.1, 0.15) is 5.69 Å². The second kappa shape index (κ2) is 5.50. The summed E-state index contributed by atoms with van der Waals surface area (Å²) in [5.74, 6) is 0.115. The number of carbonyl (C=O) groups excluding carboxylic acids is 1. The van der Waals surface area contributed by atoms with Crippen LogP contribution in [-0.2, 0) is 0 Å². The smallest absolute Gasteiger partial charge is 0.269 e. The van der Waals surface area contributed by atoms with Gasteiger partial charge in [-0.05, 0) is 12.3 Å². The molecular weight excluding hydrogens is 194 g/mol. The number of hydrogen-bond acceptors (Lipinski definition) is 3. The van der Waals surface area contributed by atoms with Crippen molar-refractivity contribution in [2.45, 2.75) is 26.3 Å². The summed E-state index contributed by atoms with van der Waals surface area (Å²) in [7, 11) is 0. The van der Waals surface area contributed by atoms with Gasteiger partial charge in [-0.25, -0.2) is 4.98 Å². The molecule has 0 aromatic carbocycles. The van der Waals surface area contributed by atoms with Crippen molar-refractivity contribution in [1.29, 1.82) is 0 Å². The number of aromatic nitrogens is 2. The molecule has 0 radical (unpaired) electrons. The molecule has 1 aromatic heterocycles. The minimum absolute atomic E-state index is 0.00852. The zero-order valence-electron chi connectivity index (χ0n) is 9.03. The molecular formula is C10H17N3O2. The summed E-state index contributed by atoms with van der Waals surface area (Å²) in [5.41, 5.74) is 0.443. The van der Waals surface area contributed by atoms with Crippen LogP contribution in [0.5, 0.6) is 0 Å². The fraction of sp³-hybridized carbons (Fsp3) is 0.600. The van der Waals surface area contributed by atoms with Gasteiger partial charge in [-0.2, -0.15) is 0 Å². The molecule has 0 bridgehead atoms. The summed E-state index contributed by atoms with van der Waals surface area (Å²) in [5, 5.41) is 11.7. The van der Waals surface area contributed by atoms with Crippen LogP contribution in [0.4, 0.5) is 0 Å². The molecule has 0 saturated heterocycles. The van der Waals surface area contributed by atoms with E-state index in [1.54, 1.807) is 0 Å². The number of nitrogens with one attached hydrogen (secondary N) is 2. The van der Waals surface area contributed by atoms with E-state index in [1.165, 1.54) is 12.5 Å². The molecule has 84 valence electrons. The van der Waals surface area contributed by atoms with E-state index in [0.717, 1.165) is 0 Å². The lowest BCUT2D eigenvalue weighted by molar-refractivity contribution is 0.0912. The van der Waals surface area contributed by atoms with Gasteiger partial charge in [-0.15, -0.1) is 0 Å². The van der Waals surface area contributed by atoms with E-state index in [9.17, 15) is 4.79 Å². The Morgan fingerprint density at radius 1 is 1.67 bits per heavy atom. The van der Waals surface area contributed by atoms with Crippen molar-refractivity contribution in [3.63, 3.8) is 0 Å². The minimum Gasteiger partial charge on any atom is -0.396 e. The average Bonchev–Trinajstić information content (AvgIpc) is 2.69. The maximum atomic E-state index is 11.6. The van der Waals surface area contributed by atoms with E-state index >= 15 is 0 Å². The number of nitrogens with zero attached hydrogens (tertiary/aromatic N) is 1. The third kappa shape index (κ3) is 3.36. The molecule has 3 N–H and O–H groups in total. The van der Waals surface area contributed by atoms with Crippen molar-refractivity contribution in [3.8, 4) is 0 Å². The first-order valence-corrected chi connectivity index (χ1v) is 5.05. The van der Waals surface area contributed by atoms with Gasteiger partial charge >= 0.3 is 0 Å². The van der Waals surface area contributed by atoms with Crippen LogP contribution >= 0.6 is 0 Å². The van der Waals surface area contributed by atoms with Gasteiger partial charge in [0.15, 0.2) is 0 Å². The summed E-state index contributed by atoms with van der Waals surface area (Å²) in [6.07, 6.45) is 3.51. The Morgan fingerprint density at radius 2 is 2.40 bits per heavy atom. The lowest BCUT2D eigenvalue weighted by atomic mass is 10.0. The van der Waals surface area contributed by atoms with Crippen molar-refractivity contribution in [3.05, 3.63) is 18.2 Å². The highest BCUT2D eigenvalue weighted by Gasteiger charge is 2.16. The Morgan fingerprint density at radius 3 is 2.87 bits per heavy atom. The molecule has 1 atom stereocenters. The summed E-state index contributed by atoms with van der Waals surface area (Å²) in [6.45, 7) is 4.09. The van der Waals surface area contributed by atoms with Crippen LogP contribution in [-0.4, -0.2) is 33.6 Å². The molecule has 0 fully saturated rings. The van der Waals surface area contributed by atoms with E-state index in [1.807, 2.05) is 13.8 Å². The molecule has 1 rings (SSSR count). The maximum absolute atomic E-state index is 11.6.